The Hall–Kier alpha value is -1.70. The van der Waals surface area contributed by atoms with Crippen LogP contribution >= 0.6 is 8.58 Å². The van der Waals surface area contributed by atoms with E-state index < -0.39 is 0 Å². The van der Waals surface area contributed by atoms with Crippen molar-refractivity contribution in [3.8, 4) is 5.75 Å². The van der Waals surface area contributed by atoms with Crippen LogP contribution < -0.4 is 10.0 Å². The summed E-state index contributed by atoms with van der Waals surface area (Å²) in [5, 5.41) is 1.31. The van der Waals surface area contributed by atoms with Crippen molar-refractivity contribution in [2.75, 3.05) is 13.9 Å². The van der Waals surface area contributed by atoms with Gasteiger partial charge in [-0.2, -0.15) is 0 Å². The van der Waals surface area contributed by atoms with Crippen molar-refractivity contribution in [2.24, 2.45) is 4.99 Å². The third-order valence-electron chi connectivity index (χ3n) is 4.80. The zero-order valence-corrected chi connectivity index (χ0v) is 19.3. The van der Waals surface area contributed by atoms with Crippen molar-refractivity contribution in [3.63, 3.8) is 0 Å². The largest absolute Gasteiger partial charge is 0.467 e. The average Bonchev–Trinajstić information content (AvgIpc) is 2.65. The van der Waals surface area contributed by atoms with Gasteiger partial charge in [-0.1, -0.05) is 64.9 Å². The highest BCUT2D eigenvalue weighted by molar-refractivity contribution is 7.48. The van der Waals surface area contributed by atoms with Crippen LogP contribution in [-0.2, 0) is 9.89 Å². The van der Waals surface area contributed by atoms with Gasteiger partial charge in [0.05, 0.1) is 5.54 Å². The van der Waals surface area contributed by atoms with Crippen LogP contribution in [0, 0.1) is 6.92 Å². The third-order valence-corrected chi connectivity index (χ3v) is 6.70. The van der Waals surface area contributed by atoms with E-state index in [0.29, 0.717) is 8.58 Å². The van der Waals surface area contributed by atoms with Gasteiger partial charge in [0.25, 0.3) is 0 Å². The van der Waals surface area contributed by atoms with E-state index >= 15 is 0 Å². The normalized spacial score (nSPS) is 14.7. The standard InChI is InChI=1S/C24H34NO2P/c1-8-24(6,20-14-11-12-18(2)22(20)27-17-26-7)28-21-15-10-9-13-19(21)16-25-23(3,4)5/h9-16,28H,8,17H2,1-7H3. The molecular weight excluding hydrogens is 365 g/mol. The highest BCUT2D eigenvalue weighted by Gasteiger charge is 2.30. The van der Waals surface area contributed by atoms with Crippen molar-refractivity contribution < 1.29 is 9.47 Å². The molecule has 0 spiro atoms. The lowest BCUT2D eigenvalue weighted by Gasteiger charge is -2.32. The maximum atomic E-state index is 5.98. The second-order valence-electron chi connectivity index (χ2n) is 8.33. The summed E-state index contributed by atoms with van der Waals surface area (Å²) in [4.78, 5) is 4.73. The number of aliphatic imine (C=N–C) groups is 1. The molecule has 0 aromatic heterocycles. The molecule has 3 nitrogen and oxygen atoms in total. The van der Waals surface area contributed by atoms with Gasteiger partial charge in [-0.05, 0) is 50.5 Å². The molecule has 0 aliphatic carbocycles. The van der Waals surface area contributed by atoms with Crippen LogP contribution in [0.4, 0.5) is 0 Å². The van der Waals surface area contributed by atoms with Gasteiger partial charge in [-0.15, -0.1) is 0 Å². The summed E-state index contributed by atoms with van der Waals surface area (Å²) in [6, 6.07) is 15.0. The molecule has 0 saturated carbocycles. The lowest BCUT2D eigenvalue weighted by molar-refractivity contribution is 0.0495. The number of hydrogen-bond acceptors (Lipinski definition) is 3. The van der Waals surface area contributed by atoms with Gasteiger partial charge in [-0.3, -0.25) is 4.99 Å². The molecule has 0 N–H and O–H groups in total. The Morgan fingerprint density at radius 2 is 1.75 bits per heavy atom. The third kappa shape index (κ3) is 5.90. The van der Waals surface area contributed by atoms with Gasteiger partial charge in [0.1, 0.15) is 5.75 Å². The highest BCUT2D eigenvalue weighted by atomic mass is 31.1. The fourth-order valence-electron chi connectivity index (χ4n) is 3.03. The first-order chi connectivity index (χ1) is 13.2. The molecule has 0 bridgehead atoms. The van der Waals surface area contributed by atoms with E-state index in [2.05, 4.69) is 84.0 Å². The second-order valence-corrected chi connectivity index (χ2v) is 10.2. The molecule has 0 amide bonds. The van der Waals surface area contributed by atoms with Crippen molar-refractivity contribution in [1.29, 1.82) is 0 Å². The van der Waals surface area contributed by atoms with Crippen LogP contribution in [0.25, 0.3) is 0 Å². The monoisotopic (exact) mass is 399 g/mol. The number of para-hydroxylation sites is 1. The number of ether oxygens (including phenoxy) is 2. The summed E-state index contributed by atoms with van der Waals surface area (Å²) >= 11 is 0. The summed E-state index contributed by atoms with van der Waals surface area (Å²) in [6.07, 6.45) is 3.04. The highest BCUT2D eigenvalue weighted by Crippen LogP contribution is 2.48. The molecule has 2 aromatic rings. The molecule has 152 valence electrons. The maximum absolute atomic E-state index is 5.98. The first kappa shape index (κ1) is 22.6. The molecule has 0 aliphatic heterocycles. The Morgan fingerprint density at radius 3 is 2.39 bits per heavy atom. The summed E-state index contributed by atoms with van der Waals surface area (Å²) in [5.41, 5.74) is 3.50. The Morgan fingerprint density at radius 1 is 1.04 bits per heavy atom. The molecule has 0 radical (unpaired) electrons. The summed E-state index contributed by atoms with van der Waals surface area (Å²) < 4.78 is 11.1. The van der Waals surface area contributed by atoms with Crippen molar-refractivity contribution in [2.45, 2.75) is 58.7 Å². The van der Waals surface area contributed by atoms with E-state index in [1.165, 1.54) is 16.4 Å². The first-order valence-corrected chi connectivity index (χ1v) is 10.8. The minimum atomic E-state index is -0.0814. The predicted octanol–water partition coefficient (Wildman–Crippen LogP) is 5.82. The van der Waals surface area contributed by atoms with E-state index in [-0.39, 0.29) is 17.5 Å². The fraction of sp³-hybridized carbons (Fsp3) is 0.458. The van der Waals surface area contributed by atoms with Gasteiger partial charge < -0.3 is 9.47 Å². The van der Waals surface area contributed by atoms with E-state index in [0.717, 1.165) is 17.7 Å². The molecule has 2 rings (SSSR count). The van der Waals surface area contributed by atoms with Crippen LogP contribution in [-0.4, -0.2) is 25.7 Å². The zero-order chi connectivity index (χ0) is 20.8. The van der Waals surface area contributed by atoms with Gasteiger partial charge in [0.2, 0.25) is 0 Å². The Balaban J connectivity index is 2.45. The molecule has 28 heavy (non-hydrogen) atoms. The average molecular weight is 400 g/mol. The van der Waals surface area contributed by atoms with Crippen molar-refractivity contribution in [1.82, 2.24) is 0 Å². The number of benzene rings is 2. The topological polar surface area (TPSA) is 30.8 Å². The minimum Gasteiger partial charge on any atom is -0.467 e. The van der Waals surface area contributed by atoms with Gasteiger partial charge >= 0.3 is 0 Å². The van der Waals surface area contributed by atoms with E-state index in [9.17, 15) is 0 Å². The van der Waals surface area contributed by atoms with E-state index in [1.54, 1.807) is 7.11 Å². The lowest BCUT2D eigenvalue weighted by Crippen LogP contribution is -2.22. The van der Waals surface area contributed by atoms with Gasteiger partial charge in [0, 0.05) is 24.0 Å². The molecule has 0 heterocycles. The number of hydrogen-bond donors (Lipinski definition) is 0. The number of aryl methyl sites for hydroxylation is 1. The van der Waals surface area contributed by atoms with E-state index in [1.807, 2.05) is 6.21 Å². The number of rotatable bonds is 8. The van der Waals surface area contributed by atoms with Gasteiger partial charge in [-0.25, -0.2) is 0 Å². The second kappa shape index (κ2) is 9.67. The number of nitrogens with zero attached hydrogens (tertiary/aromatic N) is 1. The molecule has 2 unspecified atom stereocenters. The van der Waals surface area contributed by atoms with Crippen LogP contribution in [0.2, 0.25) is 0 Å². The van der Waals surface area contributed by atoms with Crippen LogP contribution in [0.3, 0.4) is 0 Å². The molecule has 0 saturated heterocycles. The first-order valence-electron chi connectivity index (χ1n) is 9.84. The zero-order valence-electron chi connectivity index (χ0n) is 18.3. The Kier molecular flexibility index (Phi) is 7.80. The fourth-order valence-corrected chi connectivity index (χ4v) is 4.60. The van der Waals surface area contributed by atoms with Crippen LogP contribution in [0.1, 0.15) is 57.7 Å². The van der Waals surface area contributed by atoms with Gasteiger partial charge in [0.15, 0.2) is 6.79 Å². The summed E-state index contributed by atoms with van der Waals surface area (Å²) in [6.45, 7) is 13.3. The maximum Gasteiger partial charge on any atom is 0.188 e. The van der Waals surface area contributed by atoms with E-state index in [4.69, 9.17) is 14.5 Å². The molecule has 0 aliphatic rings. The Bertz CT molecular complexity index is 810. The lowest BCUT2D eigenvalue weighted by atomic mass is 9.94. The molecule has 2 aromatic carbocycles. The molecule has 4 heteroatoms. The summed E-state index contributed by atoms with van der Waals surface area (Å²) in [7, 11) is 2.26. The van der Waals surface area contributed by atoms with Crippen molar-refractivity contribution >= 4 is 20.1 Å². The minimum absolute atomic E-state index is 0.0270. The molecule has 0 fully saturated rings. The SMILES string of the molecule is CCC(C)(Pc1ccccc1C=NC(C)(C)C)c1cccc(C)c1OCOC. The summed E-state index contributed by atoms with van der Waals surface area (Å²) in [5.74, 6) is 0.946. The number of methoxy groups -OCH3 is 1. The quantitative estimate of drug-likeness (QED) is 0.318. The predicted molar refractivity (Wildman–Crippen MR) is 123 cm³/mol. The van der Waals surface area contributed by atoms with Crippen molar-refractivity contribution in [3.05, 3.63) is 59.2 Å². The molecule has 2 atom stereocenters. The van der Waals surface area contributed by atoms with Crippen LogP contribution in [0.15, 0.2) is 47.5 Å². The Labute approximate surface area is 172 Å². The van der Waals surface area contributed by atoms with Crippen LogP contribution in [0.5, 0.6) is 5.75 Å². The smallest absolute Gasteiger partial charge is 0.188 e. The molecular formula is C24H34NO2P.